The van der Waals surface area contributed by atoms with Gasteiger partial charge in [-0.15, -0.1) is 0 Å². The minimum absolute atomic E-state index is 0.115. The van der Waals surface area contributed by atoms with E-state index >= 15 is 0 Å². The van der Waals surface area contributed by atoms with Crippen LogP contribution in [0, 0.1) is 17.5 Å². The predicted molar refractivity (Wildman–Crippen MR) is 69.7 cm³/mol. The van der Waals surface area contributed by atoms with E-state index < -0.39 is 30.1 Å². The van der Waals surface area contributed by atoms with Gasteiger partial charge in [0, 0.05) is 24.6 Å². The summed E-state index contributed by atoms with van der Waals surface area (Å²) in [7, 11) is 0. The fourth-order valence-electron chi connectivity index (χ4n) is 1.95. The van der Waals surface area contributed by atoms with Crippen LogP contribution in [0.15, 0.2) is 30.7 Å². The molecular formula is C14H14F3N3O. The summed E-state index contributed by atoms with van der Waals surface area (Å²) in [5.41, 5.74) is 0.726. The van der Waals surface area contributed by atoms with E-state index in [0.717, 1.165) is 12.1 Å². The third-order valence-corrected chi connectivity index (χ3v) is 3.07. The second-order valence-corrected chi connectivity index (χ2v) is 4.55. The summed E-state index contributed by atoms with van der Waals surface area (Å²) in [4.78, 5) is 8.01. The fraction of sp³-hybridized carbons (Fsp3) is 0.286. The normalized spacial score (nSPS) is 14.0. The Bertz CT molecular complexity index is 587. The van der Waals surface area contributed by atoms with Crippen molar-refractivity contribution in [3.8, 4) is 0 Å². The summed E-state index contributed by atoms with van der Waals surface area (Å²) < 4.78 is 39.5. The molecule has 1 aromatic heterocycles. The van der Waals surface area contributed by atoms with Crippen LogP contribution in [-0.2, 0) is 0 Å². The highest BCUT2D eigenvalue weighted by Crippen LogP contribution is 2.22. The number of aromatic nitrogens is 2. The maximum atomic E-state index is 13.3. The van der Waals surface area contributed by atoms with E-state index in [2.05, 4.69) is 15.3 Å². The Morgan fingerprint density at radius 1 is 1.19 bits per heavy atom. The van der Waals surface area contributed by atoms with Crippen molar-refractivity contribution in [1.82, 2.24) is 15.3 Å². The molecule has 0 saturated heterocycles. The Hall–Kier alpha value is -1.99. The first-order chi connectivity index (χ1) is 10.0. The van der Waals surface area contributed by atoms with Gasteiger partial charge in [-0.1, -0.05) is 0 Å². The van der Waals surface area contributed by atoms with Crippen molar-refractivity contribution in [3.05, 3.63) is 59.4 Å². The first kappa shape index (κ1) is 15.4. The van der Waals surface area contributed by atoms with Gasteiger partial charge in [-0.25, -0.2) is 13.2 Å². The van der Waals surface area contributed by atoms with Crippen molar-refractivity contribution < 1.29 is 18.3 Å². The quantitative estimate of drug-likeness (QED) is 0.831. The molecule has 0 aliphatic heterocycles. The summed E-state index contributed by atoms with van der Waals surface area (Å²) in [5, 5.41) is 12.4. The molecule has 2 rings (SSSR count). The number of aliphatic hydroxyl groups excluding tert-OH is 1. The van der Waals surface area contributed by atoms with Crippen LogP contribution >= 0.6 is 0 Å². The van der Waals surface area contributed by atoms with Crippen molar-refractivity contribution in [1.29, 1.82) is 0 Å². The highest BCUT2D eigenvalue weighted by molar-refractivity contribution is 5.23. The molecule has 2 unspecified atom stereocenters. The zero-order chi connectivity index (χ0) is 15.4. The van der Waals surface area contributed by atoms with Gasteiger partial charge in [-0.2, -0.15) is 0 Å². The molecule has 0 bridgehead atoms. The third-order valence-electron chi connectivity index (χ3n) is 3.07. The number of hydrogen-bond acceptors (Lipinski definition) is 4. The molecule has 0 aliphatic carbocycles. The molecule has 0 amide bonds. The zero-order valence-corrected chi connectivity index (χ0v) is 11.2. The van der Waals surface area contributed by atoms with Crippen molar-refractivity contribution in [3.63, 3.8) is 0 Å². The number of aliphatic hydroxyl groups is 1. The topological polar surface area (TPSA) is 58.0 Å². The summed E-state index contributed by atoms with van der Waals surface area (Å²) in [6.07, 6.45) is 4.57. The lowest BCUT2D eigenvalue weighted by Crippen LogP contribution is -2.28. The van der Waals surface area contributed by atoms with E-state index in [0.29, 0.717) is 5.69 Å². The number of halogens is 3. The Morgan fingerprint density at radius 2 is 1.86 bits per heavy atom. The minimum atomic E-state index is -1.53. The van der Waals surface area contributed by atoms with E-state index in [1.165, 1.54) is 18.6 Å². The second kappa shape index (κ2) is 6.64. The van der Waals surface area contributed by atoms with Crippen LogP contribution in [0.4, 0.5) is 13.2 Å². The van der Waals surface area contributed by atoms with E-state index in [1.54, 1.807) is 6.92 Å². The highest BCUT2D eigenvalue weighted by Gasteiger charge is 2.19. The van der Waals surface area contributed by atoms with Gasteiger partial charge in [-0.3, -0.25) is 15.3 Å². The van der Waals surface area contributed by atoms with Crippen LogP contribution in [0.5, 0.6) is 0 Å². The van der Waals surface area contributed by atoms with Crippen molar-refractivity contribution in [2.45, 2.75) is 19.0 Å². The van der Waals surface area contributed by atoms with Crippen molar-refractivity contribution in [2.24, 2.45) is 0 Å². The summed E-state index contributed by atoms with van der Waals surface area (Å²) in [6, 6.07) is 0.643. The average Bonchev–Trinajstić information content (AvgIpc) is 2.50. The van der Waals surface area contributed by atoms with Gasteiger partial charge in [0.15, 0.2) is 17.5 Å². The van der Waals surface area contributed by atoms with Crippen LogP contribution in [0.25, 0.3) is 0 Å². The zero-order valence-electron chi connectivity index (χ0n) is 11.2. The SMILES string of the molecule is CC(NC(CO)c1cc(F)c(F)c(F)c1)c1cnccn1. The average molecular weight is 297 g/mol. The highest BCUT2D eigenvalue weighted by atomic mass is 19.2. The maximum Gasteiger partial charge on any atom is 0.194 e. The molecule has 112 valence electrons. The molecule has 1 aromatic carbocycles. The lowest BCUT2D eigenvalue weighted by atomic mass is 10.1. The molecule has 1 heterocycles. The number of hydrogen-bond donors (Lipinski definition) is 2. The van der Waals surface area contributed by atoms with Gasteiger partial charge >= 0.3 is 0 Å². The van der Waals surface area contributed by atoms with Gasteiger partial charge < -0.3 is 5.11 Å². The van der Waals surface area contributed by atoms with Crippen LogP contribution in [0.3, 0.4) is 0 Å². The van der Waals surface area contributed by atoms with Gasteiger partial charge in [0.25, 0.3) is 0 Å². The maximum absolute atomic E-state index is 13.3. The molecule has 2 atom stereocenters. The Labute approximate surface area is 119 Å². The lowest BCUT2D eigenvalue weighted by Gasteiger charge is -2.21. The number of nitrogens with zero attached hydrogens (tertiary/aromatic N) is 2. The molecule has 0 fully saturated rings. The van der Waals surface area contributed by atoms with Crippen LogP contribution in [-0.4, -0.2) is 21.7 Å². The van der Waals surface area contributed by atoms with Gasteiger partial charge in [0.05, 0.1) is 18.3 Å². The second-order valence-electron chi connectivity index (χ2n) is 4.55. The summed E-state index contributed by atoms with van der Waals surface area (Å²) in [6.45, 7) is 1.36. The molecule has 0 spiro atoms. The predicted octanol–water partition coefficient (Wildman–Crippen LogP) is 2.28. The molecule has 0 radical (unpaired) electrons. The van der Waals surface area contributed by atoms with Gasteiger partial charge in [0.2, 0.25) is 0 Å². The number of nitrogens with one attached hydrogen (secondary N) is 1. The lowest BCUT2D eigenvalue weighted by molar-refractivity contribution is 0.234. The standard InChI is InChI=1S/C14H14F3N3O/c1-8(12-6-18-2-3-19-12)20-13(7-21)9-4-10(15)14(17)11(16)5-9/h2-6,8,13,20-21H,7H2,1H3. The van der Waals surface area contributed by atoms with Gasteiger partial charge in [0.1, 0.15) is 0 Å². The smallest absolute Gasteiger partial charge is 0.194 e. The largest absolute Gasteiger partial charge is 0.394 e. The van der Waals surface area contributed by atoms with E-state index in [-0.39, 0.29) is 11.6 Å². The number of benzene rings is 1. The molecule has 0 saturated carbocycles. The van der Waals surface area contributed by atoms with Crippen molar-refractivity contribution >= 4 is 0 Å². The van der Waals surface area contributed by atoms with Crippen LogP contribution < -0.4 is 5.32 Å². The molecule has 2 aromatic rings. The monoisotopic (exact) mass is 297 g/mol. The van der Waals surface area contributed by atoms with E-state index in [1.807, 2.05) is 0 Å². The Morgan fingerprint density at radius 3 is 2.38 bits per heavy atom. The summed E-state index contributed by atoms with van der Waals surface area (Å²) >= 11 is 0. The summed E-state index contributed by atoms with van der Waals surface area (Å²) in [5.74, 6) is -4.12. The molecule has 0 aliphatic rings. The fourth-order valence-corrected chi connectivity index (χ4v) is 1.95. The van der Waals surface area contributed by atoms with E-state index in [4.69, 9.17) is 0 Å². The molecular weight excluding hydrogens is 283 g/mol. The van der Waals surface area contributed by atoms with Crippen LogP contribution in [0.1, 0.15) is 30.3 Å². The Kier molecular flexibility index (Phi) is 4.87. The minimum Gasteiger partial charge on any atom is -0.394 e. The Balaban J connectivity index is 2.20. The first-order valence-electron chi connectivity index (χ1n) is 6.30. The first-order valence-corrected chi connectivity index (χ1v) is 6.30. The molecule has 7 heteroatoms. The van der Waals surface area contributed by atoms with E-state index in [9.17, 15) is 18.3 Å². The third kappa shape index (κ3) is 3.56. The van der Waals surface area contributed by atoms with Crippen LogP contribution in [0.2, 0.25) is 0 Å². The molecule has 2 N–H and O–H groups in total. The van der Waals surface area contributed by atoms with Crippen molar-refractivity contribution in [2.75, 3.05) is 6.61 Å². The molecule has 21 heavy (non-hydrogen) atoms. The van der Waals surface area contributed by atoms with Gasteiger partial charge in [-0.05, 0) is 24.6 Å². The molecule has 4 nitrogen and oxygen atoms in total. The number of rotatable bonds is 5.